The molecule has 0 spiro atoms. The molecule has 1 amide bonds. The Morgan fingerprint density at radius 1 is 1.24 bits per heavy atom. The predicted molar refractivity (Wildman–Crippen MR) is 142 cm³/mol. The Bertz CT molecular complexity index is 1830. The number of fused-ring (bicyclic) bond motifs is 2. The van der Waals surface area contributed by atoms with E-state index < -0.39 is 0 Å². The van der Waals surface area contributed by atoms with Crippen molar-refractivity contribution in [3.05, 3.63) is 88.8 Å². The SMILES string of the molecule is C[N+]1=CC(=NC(=O)c2cc3ccc(-c4nccc(NC5=C=CC=c6[nH]ncc6=C5)n4)cc3[nH]2)CC=CN1. The number of carbonyl (C=O) groups excluding carboxylic acids is 1. The lowest BCUT2D eigenvalue weighted by Gasteiger charge is -2.06. The van der Waals surface area contributed by atoms with Gasteiger partial charge in [-0.2, -0.15) is 10.5 Å². The molecular weight excluding hydrogens is 466 g/mol. The van der Waals surface area contributed by atoms with E-state index in [0.717, 1.165) is 32.7 Å². The van der Waals surface area contributed by atoms with Gasteiger partial charge in [-0.15, -0.1) is 4.68 Å². The molecule has 0 bridgehead atoms. The Morgan fingerprint density at radius 3 is 3.14 bits per heavy atom. The number of nitrogens with one attached hydrogen (secondary N) is 4. The fourth-order valence-electron chi connectivity index (χ4n) is 4.05. The molecule has 1 aromatic carbocycles. The summed E-state index contributed by atoms with van der Waals surface area (Å²) in [4.78, 5) is 29.4. The Balaban J connectivity index is 1.26. The minimum Gasteiger partial charge on any atom is -0.350 e. The van der Waals surface area contributed by atoms with E-state index in [2.05, 4.69) is 46.6 Å². The van der Waals surface area contributed by atoms with Gasteiger partial charge < -0.3 is 10.3 Å². The first kappa shape index (κ1) is 22.1. The van der Waals surface area contributed by atoms with Crippen molar-refractivity contribution in [2.45, 2.75) is 6.42 Å². The average Bonchev–Trinajstić information content (AvgIpc) is 3.41. The lowest BCUT2D eigenvalue weighted by molar-refractivity contribution is -0.542. The number of aliphatic imine (C=N–C) groups is 1. The van der Waals surface area contributed by atoms with Gasteiger partial charge in [-0.05, 0) is 36.4 Å². The van der Waals surface area contributed by atoms with Crippen LogP contribution in [0.25, 0.3) is 34.4 Å². The Hall–Kier alpha value is -5.34. The van der Waals surface area contributed by atoms with Gasteiger partial charge in [0, 0.05) is 34.3 Å². The van der Waals surface area contributed by atoms with E-state index in [-0.39, 0.29) is 5.91 Å². The largest absolute Gasteiger partial charge is 0.350 e. The summed E-state index contributed by atoms with van der Waals surface area (Å²) in [6.07, 6.45) is 15.3. The third kappa shape index (κ3) is 4.77. The monoisotopic (exact) mass is 488 g/mol. The third-order valence-corrected chi connectivity index (χ3v) is 5.83. The molecule has 180 valence electrons. The molecule has 0 saturated heterocycles. The smallest absolute Gasteiger partial charge is 0.293 e. The molecule has 6 rings (SSSR count). The molecule has 4 aromatic rings. The van der Waals surface area contributed by atoms with Crippen molar-refractivity contribution < 1.29 is 9.48 Å². The topological polar surface area (TPSA) is 127 Å². The molecule has 0 unspecified atom stereocenters. The van der Waals surface area contributed by atoms with Gasteiger partial charge in [-0.1, -0.05) is 23.9 Å². The zero-order valence-corrected chi connectivity index (χ0v) is 19.9. The zero-order chi connectivity index (χ0) is 25.2. The van der Waals surface area contributed by atoms with Crippen LogP contribution in [0.1, 0.15) is 16.9 Å². The van der Waals surface area contributed by atoms with Gasteiger partial charge in [0.2, 0.25) is 6.21 Å². The highest BCUT2D eigenvalue weighted by Crippen LogP contribution is 2.24. The third-order valence-electron chi connectivity index (χ3n) is 5.83. The number of hydrogen-bond donors (Lipinski definition) is 4. The first-order chi connectivity index (χ1) is 18.1. The number of aromatic nitrogens is 5. The molecule has 0 saturated carbocycles. The van der Waals surface area contributed by atoms with Crippen LogP contribution in [0.4, 0.5) is 5.82 Å². The fraction of sp³-hybridized carbons (Fsp3) is 0.0741. The van der Waals surface area contributed by atoms with Crippen molar-refractivity contribution in [2.75, 3.05) is 12.4 Å². The van der Waals surface area contributed by atoms with E-state index in [0.29, 0.717) is 29.5 Å². The van der Waals surface area contributed by atoms with Crippen molar-refractivity contribution in [3.63, 3.8) is 0 Å². The molecule has 4 N–H and O–H groups in total. The molecule has 10 nitrogen and oxygen atoms in total. The second-order valence-electron chi connectivity index (χ2n) is 8.53. The van der Waals surface area contributed by atoms with E-state index in [9.17, 15) is 4.79 Å². The summed E-state index contributed by atoms with van der Waals surface area (Å²) in [6.45, 7) is 0. The molecule has 0 atom stereocenters. The van der Waals surface area contributed by atoms with Crippen LogP contribution in [-0.4, -0.2) is 54.7 Å². The zero-order valence-electron chi connectivity index (χ0n) is 19.9. The maximum Gasteiger partial charge on any atom is 0.293 e. The van der Waals surface area contributed by atoms with Crippen LogP contribution in [0, 0.1) is 0 Å². The summed E-state index contributed by atoms with van der Waals surface area (Å²) in [6, 6.07) is 9.41. The number of aromatic amines is 2. The van der Waals surface area contributed by atoms with Gasteiger partial charge in [0.1, 0.15) is 17.2 Å². The molecule has 4 heterocycles. The van der Waals surface area contributed by atoms with Crippen molar-refractivity contribution in [1.29, 1.82) is 0 Å². The number of anilines is 1. The Kier molecular flexibility index (Phi) is 5.61. The molecule has 0 fully saturated rings. The maximum atomic E-state index is 12.8. The van der Waals surface area contributed by atoms with Crippen molar-refractivity contribution >= 4 is 46.7 Å². The van der Waals surface area contributed by atoms with Gasteiger partial charge in [0.15, 0.2) is 12.9 Å². The van der Waals surface area contributed by atoms with Crippen LogP contribution in [0.15, 0.2) is 77.5 Å². The van der Waals surface area contributed by atoms with Crippen LogP contribution in [0.5, 0.6) is 0 Å². The molecule has 0 radical (unpaired) electrons. The molecule has 10 heteroatoms. The molecule has 1 aliphatic carbocycles. The van der Waals surface area contributed by atoms with Crippen molar-refractivity contribution in [1.82, 2.24) is 30.6 Å². The number of rotatable bonds is 4. The van der Waals surface area contributed by atoms with E-state index in [4.69, 9.17) is 0 Å². The van der Waals surface area contributed by atoms with Crippen LogP contribution < -0.4 is 21.3 Å². The number of hydrazine groups is 1. The number of hydrogen-bond acceptors (Lipinski definition) is 6. The Morgan fingerprint density at radius 2 is 2.19 bits per heavy atom. The minimum absolute atomic E-state index is 0.325. The first-order valence-electron chi connectivity index (χ1n) is 11.6. The highest BCUT2D eigenvalue weighted by molar-refractivity contribution is 6.32. The normalized spacial score (nSPS) is 15.5. The van der Waals surface area contributed by atoms with Gasteiger partial charge in [-0.3, -0.25) is 9.89 Å². The van der Waals surface area contributed by atoms with Crippen molar-refractivity contribution in [2.24, 2.45) is 4.99 Å². The highest BCUT2D eigenvalue weighted by Gasteiger charge is 2.13. The molecule has 3 aromatic heterocycles. The summed E-state index contributed by atoms with van der Waals surface area (Å²) >= 11 is 0. The van der Waals surface area contributed by atoms with E-state index in [1.807, 2.05) is 55.8 Å². The lowest BCUT2D eigenvalue weighted by Crippen LogP contribution is -2.22. The summed E-state index contributed by atoms with van der Waals surface area (Å²) in [5.74, 6) is 0.864. The summed E-state index contributed by atoms with van der Waals surface area (Å²) in [5.41, 5.74) is 9.70. The summed E-state index contributed by atoms with van der Waals surface area (Å²) in [7, 11) is 1.85. The van der Waals surface area contributed by atoms with Crippen LogP contribution in [0.2, 0.25) is 0 Å². The Labute approximate surface area is 210 Å². The second-order valence-corrected chi connectivity index (χ2v) is 8.53. The number of carbonyl (C=O) groups is 1. The number of nitrogens with zero attached hydrogens (tertiary/aromatic N) is 5. The van der Waals surface area contributed by atoms with Gasteiger partial charge in [-0.25, -0.2) is 15.0 Å². The van der Waals surface area contributed by atoms with Crippen molar-refractivity contribution in [3.8, 4) is 11.4 Å². The number of allylic oxidation sites excluding steroid dienone is 2. The van der Waals surface area contributed by atoms with E-state index in [1.165, 1.54) is 0 Å². The second kappa shape index (κ2) is 9.37. The van der Waals surface area contributed by atoms with E-state index in [1.54, 1.807) is 35.4 Å². The van der Waals surface area contributed by atoms with Crippen LogP contribution >= 0.6 is 0 Å². The number of hydrazone groups is 1. The lowest BCUT2D eigenvalue weighted by atomic mass is 10.1. The fourth-order valence-corrected chi connectivity index (χ4v) is 4.05. The van der Waals surface area contributed by atoms with E-state index >= 15 is 0 Å². The highest BCUT2D eigenvalue weighted by atomic mass is 16.1. The summed E-state index contributed by atoms with van der Waals surface area (Å²) in [5, 5.41) is 13.1. The van der Waals surface area contributed by atoms with Gasteiger partial charge in [0.25, 0.3) is 5.91 Å². The van der Waals surface area contributed by atoms with Gasteiger partial charge in [0.05, 0.1) is 23.4 Å². The van der Waals surface area contributed by atoms with Crippen LogP contribution in [0.3, 0.4) is 0 Å². The maximum absolute atomic E-state index is 12.8. The summed E-state index contributed by atoms with van der Waals surface area (Å²) < 4.78 is 1.75. The molecular formula is C27H22N9O+. The number of H-pyrrole nitrogens is 2. The van der Waals surface area contributed by atoms with Gasteiger partial charge >= 0.3 is 0 Å². The van der Waals surface area contributed by atoms with Crippen LogP contribution in [-0.2, 0) is 0 Å². The number of benzene rings is 1. The molecule has 2 aliphatic rings. The molecule has 37 heavy (non-hydrogen) atoms. The predicted octanol–water partition coefficient (Wildman–Crippen LogP) is 1.79. The number of amides is 1. The standard InChI is InChI=1S/C27H21N9O/c1-36-16-21(5-3-10-30-36)32-27(37)24-13-17-7-8-18(14-23(17)33-24)26-28-11-9-25(34-26)31-20-4-2-6-22-19(12-20)15-29-35-22/h2-3,6-16,35H,5H2,1H3,(H2-,28,30,31,32,33,34,37)/p+1. The average molecular weight is 489 g/mol. The first-order valence-corrected chi connectivity index (χ1v) is 11.6. The quantitative estimate of drug-likeness (QED) is 0.256. The molecule has 1 aliphatic heterocycles. The minimum atomic E-state index is -0.325.